The van der Waals surface area contributed by atoms with Crippen LogP contribution in [0.5, 0.6) is 0 Å². The number of hydrogen-bond donors (Lipinski definition) is 0. The number of fused-ring (bicyclic) bond motifs is 8. The molecule has 2 aliphatic carbocycles. The van der Waals surface area contributed by atoms with Crippen LogP contribution in [-0.2, 0) is 14.4 Å². The van der Waals surface area contributed by atoms with E-state index in [0.717, 1.165) is 5.56 Å². The summed E-state index contributed by atoms with van der Waals surface area (Å²) in [5.41, 5.74) is 2.39. The maximum Gasteiger partial charge on any atom is 0.269 e. The molecule has 0 aromatic heterocycles. The van der Waals surface area contributed by atoms with Crippen molar-refractivity contribution in [2.24, 2.45) is 34.7 Å². The minimum absolute atomic E-state index is 0.00850. The molecule has 1 saturated heterocycles. The lowest BCUT2D eigenvalue weighted by atomic mass is 9.71. The Morgan fingerprint density at radius 2 is 1.64 bits per heavy atom. The summed E-state index contributed by atoms with van der Waals surface area (Å²) in [7, 11) is 0. The maximum atomic E-state index is 13.4. The molecule has 9 nitrogen and oxygen atoms in total. The van der Waals surface area contributed by atoms with E-state index >= 15 is 0 Å². The number of benzene rings is 2. The van der Waals surface area contributed by atoms with E-state index in [2.05, 4.69) is 5.16 Å². The second kappa shape index (κ2) is 6.81. The first-order valence-electron chi connectivity index (χ1n) is 10.8. The van der Waals surface area contributed by atoms with E-state index < -0.39 is 16.8 Å². The fourth-order valence-corrected chi connectivity index (χ4v) is 6.22. The molecule has 9 heteroatoms. The van der Waals surface area contributed by atoms with E-state index in [4.69, 9.17) is 4.84 Å². The number of non-ortho nitro benzene ring substituents is 1. The minimum atomic E-state index is -0.456. The van der Waals surface area contributed by atoms with Crippen molar-refractivity contribution in [1.82, 2.24) is 0 Å². The molecular formula is C24H19N3O6. The fraction of sp³-hybridized carbons (Fsp3) is 0.333. The molecule has 2 aromatic carbocycles. The van der Waals surface area contributed by atoms with Crippen molar-refractivity contribution in [2.75, 3.05) is 4.90 Å². The number of hydrogen-bond acceptors (Lipinski definition) is 7. The van der Waals surface area contributed by atoms with Gasteiger partial charge in [0.15, 0.2) is 5.78 Å². The third-order valence-corrected chi connectivity index (χ3v) is 7.60. The number of imide groups is 1. The van der Waals surface area contributed by atoms with Crippen LogP contribution in [0.2, 0.25) is 0 Å². The Hall–Kier alpha value is -3.88. The number of carbonyl (C=O) groups excluding carboxylic acids is 3. The van der Waals surface area contributed by atoms with Crippen molar-refractivity contribution in [3.63, 3.8) is 0 Å². The van der Waals surface area contributed by atoms with Gasteiger partial charge in [0, 0.05) is 35.1 Å². The normalized spacial score (nSPS) is 31.3. The fourth-order valence-electron chi connectivity index (χ4n) is 6.22. The molecule has 2 aliphatic heterocycles. The number of nitro benzene ring substituents is 1. The maximum absolute atomic E-state index is 13.4. The predicted octanol–water partition coefficient (Wildman–Crippen LogP) is 2.97. The van der Waals surface area contributed by atoms with Gasteiger partial charge in [-0.15, -0.1) is 0 Å². The Morgan fingerprint density at radius 3 is 2.24 bits per heavy atom. The topological polar surface area (TPSA) is 119 Å². The third-order valence-electron chi connectivity index (χ3n) is 7.60. The number of rotatable bonds is 4. The lowest BCUT2D eigenvalue weighted by molar-refractivity contribution is -0.384. The van der Waals surface area contributed by atoms with E-state index in [1.807, 2.05) is 0 Å². The van der Waals surface area contributed by atoms with E-state index in [1.54, 1.807) is 36.4 Å². The van der Waals surface area contributed by atoms with Crippen molar-refractivity contribution in [3.8, 4) is 0 Å². The van der Waals surface area contributed by atoms with Crippen LogP contribution in [0.1, 0.15) is 29.3 Å². The highest BCUT2D eigenvalue weighted by Gasteiger charge is 2.70. The van der Waals surface area contributed by atoms with Crippen LogP contribution in [-0.4, -0.2) is 34.3 Å². The Bertz CT molecular complexity index is 1250. The summed E-state index contributed by atoms with van der Waals surface area (Å²) >= 11 is 0. The van der Waals surface area contributed by atoms with Crippen LogP contribution in [0.4, 0.5) is 11.4 Å². The van der Waals surface area contributed by atoms with Gasteiger partial charge in [-0.25, -0.2) is 0 Å². The highest BCUT2D eigenvalue weighted by molar-refractivity contribution is 6.23. The highest BCUT2D eigenvalue weighted by atomic mass is 16.6. The zero-order valence-corrected chi connectivity index (χ0v) is 17.6. The van der Waals surface area contributed by atoms with Crippen LogP contribution < -0.4 is 4.90 Å². The molecule has 0 unspecified atom stereocenters. The lowest BCUT2D eigenvalue weighted by Crippen LogP contribution is -2.41. The van der Waals surface area contributed by atoms with Crippen LogP contribution in [0.25, 0.3) is 0 Å². The monoisotopic (exact) mass is 445 g/mol. The van der Waals surface area contributed by atoms with Gasteiger partial charge in [0.1, 0.15) is 6.10 Å². The Kier molecular flexibility index (Phi) is 4.08. The van der Waals surface area contributed by atoms with Crippen molar-refractivity contribution in [3.05, 3.63) is 69.8 Å². The number of oxime groups is 1. The van der Waals surface area contributed by atoms with E-state index in [0.29, 0.717) is 23.4 Å². The summed E-state index contributed by atoms with van der Waals surface area (Å²) < 4.78 is 0. The standard InChI is InChI=1S/C24H19N3O6/c1-11(28)12-2-6-14(7-3-12)26-23(29)18-16-10-17(19(18)24(26)30)22-20(16)21(25-33-22)13-4-8-15(9-5-13)27(31)32/h2-9,16-20,22H,10H2,1H3/t16-,17-,18+,19-,20-,22+/m0/s1. The van der Waals surface area contributed by atoms with Gasteiger partial charge in [0.2, 0.25) is 11.8 Å². The van der Waals surface area contributed by atoms with Gasteiger partial charge in [0.25, 0.3) is 5.69 Å². The van der Waals surface area contributed by atoms with Crippen LogP contribution in [0, 0.1) is 39.7 Å². The summed E-state index contributed by atoms with van der Waals surface area (Å²) in [6.45, 7) is 1.46. The number of carbonyl (C=O) groups is 3. The van der Waals surface area contributed by atoms with Gasteiger partial charge in [-0.1, -0.05) is 5.16 Å². The molecular weight excluding hydrogens is 426 g/mol. The molecule has 2 aromatic rings. The number of Topliss-reactive ketones (excluding diaryl/α,β-unsaturated/α-hetero) is 1. The van der Waals surface area contributed by atoms with Gasteiger partial charge in [-0.2, -0.15) is 0 Å². The Morgan fingerprint density at radius 1 is 1.00 bits per heavy atom. The second-order valence-corrected chi connectivity index (χ2v) is 9.11. The first-order chi connectivity index (χ1) is 15.9. The smallest absolute Gasteiger partial charge is 0.269 e. The molecule has 4 aliphatic rings. The summed E-state index contributed by atoms with van der Waals surface area (Å²) in [5, 5.41) is 15.2. The molecule has 0 radical (unpaired) electrons. The molecule has 2 saturated carbocycles. The second-order valence-electron chi connectivity index (χ2n) is 9.11. The van der Waals surface area contributed by atoms with Gasteiger partial charge in [-0.3, -0.25) is 29.4 Å². The van der Waals surface area contributed by atoms with E-state index in [9.17, 15) is 24.5 Å². The molecule has 2 amide bonds. The van der Waals surface area contributed by atoms with Crippen LogP contribution in [0.15, 0.2) is 53.7 Å². The van der Waals surface area contributed by atoms with Crippen molar-refractivity contribution in [1.29, 1.82) is 0 Å². The predicted molar refractivity (Wildman–Crippen MR) is 116 cm³/mol. The van der Waals surface area contributed by atoms with Crippen LogP contribution >= 0.6 is 0 Å². The summed E-state index contributed by atoms with van der Waals surface area (Å²) in [6.07, 6.45) is 0.434. The number of anilines is 1. The lowest BCUT2D eigenvalue weighted by Gasteiger charge is -2.29. The molecule has 2 bridgehead atoms. The number of ketones is 1. The zero-order chi connectivity index (χ0) is 23.0. The molecule has 0 spiro atoms. The molecule has 166 valence electrons. The molecule has 6 atom stereocenters. The Balaban J connectivity index is 1.30. The average molecular weight is 445 g/mol. The van der Waals surface area contributed by atoms with Crippen molar-refractivity contribution < 1.29 is 24.1 Å². The molecule has 2 heterocycles. The van der Waals surface area contributed by atoms with Gasteiger partial charge in [0.05, 0.1) is 28.2 Å². The largest absolute Gasteiger partial charge is 0.391 e. The quantitative estimate of drug-likeness (QED) is 0.309. The number of nitro groups is 1. The molecule has 6 rings (SSSR count). The van der Waals surface area contributed by atoms with Crippen LogP contribution in [0.3, 0.4) is 0 Å². The SMILES string of the molecule is CC(=O)c1ccc(N2C(=O)[C@@H]3[C@@H]4C[C@H]([C@H]5ON=C(c6ccc([N+](=O)[O-])cc6)[C@H]45)[C@@H]3C2=O)cc1. The van der Waals surface area contributed by atoms with Gasteiger partial charge >= 0.3 is 0 Å². The number of amides is 2. The van der Waals surface area contributed by atoms with E-state index in [-0.39, 0.29) is 47.1 Å². The highest BCUT2D eigenvalue weighted by Crippen LogP contribution is 2.62. The van der Waals surface area contributed by atoms with Gasteiger partial charge in [-0.05, 0) is 55.7 Å². The molecule has 33 heavy (non-hydrogen) atoms. The zero-order valence-electron chi connectivity index (χ0n) is 17.6. The summed E-state index contributed by atoms with van der Waals surface area (Å²) in [5.74, 6) is -1.74. The summed E-state index contributed by atoms with van der Waals surface area (Å²) in [4.78, 5) is 55.9. The first-order valence-corrected chi connectivity index (χ1v) is 10.8. The summed E-state index contributed by atoms with van der Waals surface area (Å²) in [6, 6.07) is 12.7. The van der Waals surface area contributed by atoms with Gasteiger partial charge < -0.3 is 4.84 Å². The minimum Gasteiger partial charge on any atom is -0.391 e. The van der Waals surface area contributed by atoms with E-state index in [1.165, 1.54) is 24.0 Å². The molecule has 0 N–H and O–H groups in total. The van der Waals surface area contributed by atoms with Crippen molar-refractivity contribution in [2.45, 2.75) is 19.4 Å². The Labute approximate surface area is 188 Å². The third kappa shape index (κ3) is 2.65. The average Bonchev–Trinajstić information content (AvgIpc) is 3.54. The van der Waals surface area contributed by atoms with Crippen molar-refractivity contribution >= 4 is 34.7 Å². The molecule has 3 fully saturated rings. The first kappa shape index (κ1) is 19.8. The number of nitrogens with zero attached hydrogens (tertiary/aromatic N) is 3.